The normalized spacial score (nSPS) is 15.7. The Hall–Kier alpha value is -3.78. The molecule has 0 aromatic heterocycles. The lowest BCUT2D eigenvalue weighted by molar-refractivity contribution is 0.396. The summed E-state index contributed by atoms with van der Waals surface area (Å²) in [6, 6.07) is 33.5. The highest BCUT2D eigenvalue weighted by atomic mass is 15.1. The smallest absolute Gasteiger partial charge is 0.0456 e. The van der Waals surface area contributed by atoms with Crippen LogP contribution in [0.5, 0.6) is 0 Å². The Morgan fingerprint density at radius 1 is 0.396 bits per heavy atom. The molecule has 7 rings (SSSR count). The van der Waals surface area contributed by atoms with Crippen molar-refractivity contribution in [2.75, 3.05) is 23.9 Å². The van der Waals surface area contributed by atoms with Crippen molar-refractivity contribution < 1.29 is 0 Å². The van der Waals surface area contributed by atoms with Gasteiger partial charge >= 0.3 is 0 Å². The molecule has 2 heteroatoms. The van der Waals surface area contributed by atoms with Gasteiger partial charge in [0.1, 0.15) is 0 Å². The van der Waals surface area contributed by atoms with Crippen LogP contribution in [-0.4, -0.2) is 14.1 Å². The van der Waals surface area contributed by atoms with Gasteiger partial charge in [0.05, 0.1) is 0 Å². The zero-order valence-corrected chi connectivity index (χ0v) is 30.5. The van der Waals surface area contributed by atoms with E-state index in [1.807, 2.05) is 0 Å². The van der Waals surface area contributed by atoms with Gasteiger partial charge in [-0.25, -0.2) is 0 Å². The summed E-state index contributed by atoms with van der Waals surface area (Å²) in [7, 11) is 4.69. The Bertz CT molecular complexity index is 1780. The quantitative estimate of drug-likeness (QED) is 0.134. The van der Waals surface area contributed by atoms with Gasteiger partial charge < -0.3 is 9.80 Å². The van der Waals surface area contributed by atoms with Crippen molar-refractivity contribution >= 4 is 44.3 Å². The molecule has 0 spiro atoms. The van der Waals surface area contributed by atoms with E-state index in [2.05, 4.69) is 137 Å². The molecule has 250 valence electrons. The Balaban J connectivity index is 1.55. The highest BCUT2D eigenvalue weighted by Crippen LogP contribution is 2.60. The van der Waals surface area contributed by atoms with Crippen molar-refractivity contribution in [3.8, 4) is 0 Å². The van der Waals surface area contributed by atoms with Gasteiger partial charge in [-0.15, -0.1) is 0 Å². The molecule has 0 unspecified atom stereocenters. The van der Waals surface area contributed by atoms with E-state index in [0.717, 1.165) is 0 Å². The van der Waals surface area contributed by atoms with Crippen LogP contribution in [0.3, 0.4) is 0 Å². The van der Waals surface area contributed by atoms with Crippen molar-refractivity contribution in [2.45, 2.75) is 116 Å². The molecule has 0 amide bonds. The van der Waals surface area contributed by atoms with Gasteiger partial charge in [-0.3, -0.25) is 0 Å². The van der Waals surface area contributed by atoms with Crippen molar-refractivity contribution in [1.29, 1.82) is 0 Å². The first-order chi connectivity index (χ1) is 23.4. The molecular weight excluding hydrogens is 581 g/mol. The molecule has 0 atom stereocenters. The van der Waals surface area contributed by atoms with Crippen LogP contribution in [0.15, 0.2) is 84.9 Å². The summed E-state index contributed by atoms with van der Waals surface area (Å²) in [6.45, 7) is 9.45. The third kappa shape index (κ3) is 5.13. The van der Waals surface area contributed by atoms with Gasteiger partial charge in [0, 0.05) is 47.7 Å². The Labute approximate surface area is 290 Å². The monoisotopic (exact) mass is 636 g/mol. The van der Waals surface area contributed by atoms with E-state index in [9.17, 15) is 0 Å². The zero-order valence-electron chi connectivity index (χ0n) is 30.5. The average molecular weight is 637 g/mol. The molecule has 0 saturated carbocycles. The average Bonchev–Trinajstić information content (AvgIpc) is 3.13. The van der Waals surface area contributed by atoms with Crippen molar-refractivity contribution in [3.05, 3.63) is 107 Å². The fourth-order valence-electron chi connectivity index (χ4n) is 9.47. The van der Waals surface area contributed by atoms with Crippen molar-refractivity contribution in [2.24, 2.45) is 0 Å². The molecule has 5 aromatic carbocycles. The largest absolute Gasteiger partial charge is 0.344 e. The summed E-state index contributed by atoms with van der Waals surface area (Å²) in [4.78, 5) is 5.13. The first-order valence-electron chi connectivity index (χ1n) is 19.2. The molecule has 0 saturated heterocycles. The molecule has 48 heavy (non-hydrogen) atoms. The van der Waals surface area contributed by atoms with Crippen LogP contribution in [0, 0.1) is 0 Å². The van der Waals surface area contributed by atoms with E-state index >= 15 is 0 Å². The molecule has 2 nitrogen and oxygen atoms in total. The second kappa shape index (κ2) is 13.3. The molecule has 5 aromatic rings. The van der Waals surface area contributed by atoms with Gasteiger partial charge in [0.15, 0.2) is 0 Å². The number of hydrogen-bond acceptors (Lipinski definition) is 2. The predicted octanol–water partition coefficient (Wildman–Crippen LogP) is 13.5. The van der Waals surface area contributed by atoms with Gasteiger partial charge in [0.2, 0.25) is 0 Å². The predicted molar refractivity (Wildman–Crippen MR) is 210 cm³/mol. The third-order valence-electron chi connectivity index (χ3n) is 12.2. The standard InChI is InChI=1S/C46H56N2/c1-7-11-23-45(24-12-8-2)37-27-33-19-15-17-21-35(33)29-41(37)47(5)43-32-40-44(31-39(43)45)48(6)42-30-36-22-18-16-20-34(36)28-38(42)46(40,25-13-9-3)26-14-10-4/h15-22,27-32H,7-14,23-26H2,1-6H3. The van der Waals surface area contributed by atoms with E-state index in [-0.39, 0.29) is 10.8 Å². The maximum atomic E-state index is 2.69. The Morgan fingerprint density at radius 2 is 0.667 bits per heavy atom. The molecular formula is C46H56N2. The number of unbranched alkanes of at least 4 members (excludes halogenated alkanes) is 4. The number of nitrogens with zero attached hydrogens (tertiary/aromatic N) is 2. The minimum atomic E-state index is -0.0116. The van der Waals surface area contributed by atoms with Crippen LogP contribution in [0.2, 0.25) is 0 Å². The second-order valence-electron chi connectivity index (χ2n) is 15.0. The van der Waals surface area contributed by atoms with Crippen molar-refractivity contribution in [1.82, 2.24) is 0 Å². The lowest BCUT2D eigenvalue weighted by Crippen LogP contribution is -2.39. The number of benzene rings is 5. The van der Waals surface area contributed by atoms with Gasteiger partial charge in [0.25, 0.3) is 0 Å². The van der Waals surface area contributed by atoms with Crippen molar-refractivity contribution in [3.63, 3.8) is 0 Å². The van der Waals surface area contributed by atoms with Crippen LogP contribution >= 0.6 is 0 Å². The summed E-state index contributed by atoms with van der Waals surface area (Å²) in [5, 5.41) is 5.40. The SMILES string of the molecule is CCCCC1(CCCC)c2cc3c(cc2N(C)c2cc4ccccc4cc21)C(CCCC)(CCCC)c1cc2ccccc2cc1N3C. The van der Waals surface area contributed by atoms with E-state index in [1.54, 1.807) is 11.1 Å². The molecule has 2 aliphatic heterocycles. The first-order valence-corrected chi connectivity index (χ1v) is 19.2. The first kappa shape index (κ1) is 32.8. The van der Waals surface area contributed by atoms with Gasteiger partial charge in [-0.05, 0) is 106 Å². The molecule has 2 aliphatic rings. The molecule has 2 heterocycles. The summed E-state index contributed by atoms with van der Waals surface area (Å²) in [6.07, 6.45) is 14.5. The minimum absolute atomic E-state index is 0.0116. The van der Waals surface area contributed by atoms with E-state index in [1.165, 1.54) is 132 Å². The molecule has 0 aliphatic carbocycles. The molecule has 0 radical (unpaired) electrons. The Kier molecular flexibility index (Phi) is 9.05. The third-order valence-corrected chi connectivity index (χ3v) is 12.2. The van der Waals surface area contributed by atoms with Crippen LogP contribution in [0.25, 0.3) is 21.5 Å². The lowest BCUT2D eigenvalue weighted by atomic mass is 9.61. The zero-order chi connectivity index (χ0) is 33.5. The highest BCUT2D eigenvalue weighted by molar-refractivity contribution is 5.95. The van der Waals surface area contributed by atoms with E-state index in [4.69, 9.17) is 0 Å². The molecule has 0 fully saturated rings. The lowest BCUT2D eigenvalue weighted by Gasteiger charge is -2.50. The van der Waals surface area contributed by atoms with Crippen LogP contribution in [-0.2, 0) is 10.8 Å². The number of hydrogen-bond donors (Lipinski definition) is 0. The molecule has 0 N–H and O–H groups in total. The summed E-state index contributed by atoms with van der Waals surface area (Å²) in [5.41, 5.74) is 11.8. The summed E-state index contributed by atoms with van der Waals surface area (Å²) >= 11 is 0. The fourth-order valence-corrected chi connectivity index (χ4v) is 9.47. The second-order valence-corrected chi connectivity index (χ2v) is 15.0. The highest BCUT2D eigenvalue weighted by Gasteiger charge is 2.47. The minimum Gasteiger partial charge on any atom is -0.344 e. The van der Waals surface area contributed by atoms with Gasteiger partial charge in [-0.1, -0.05) is 128 Å². The van der Waals surface area contributed by atoms with Crippen LogP contribution in [0.1, 0.15) is 127 Å². The fraction of sp³-hybridized carbons (Fsp3) is 0.435. The maximum absolute atomic E-state index is 2.69. The van der Waals surface area contributed by atoms with E-state index in [0.29, 0.717) is 0 Å². The van der Waals surface area contributed by atoms with E-state index < -0.39 is 0 Å². The number of anilines is 4. The van der Waals surface area contributed by atoms with Crippen LogP contribution in [0.4, 0.5) is 22.7 Å². The Morgan fingerprint density at radius 3 is 0.979 bits per heavy atom. The number of fused-ring (bicyclic) bond motifs is 6. The molecule has 0 bridgehead atoms. The summed E-state index contributed by atoms with van der Waals surface area (Å²) < 4.78 is 0. The summed E-state index contributed by atoms with van der Waals surface area (Å²) in [5.74, 6) is 0. The maximum Gasteiger partial charge on any atom is 0.0456 e. The number of rotatable bonds is 12. The van der Waals surface area contributed by atoms with Gasteiger partial charge in [-0.2, -0.15) is 0 Å². The topological polar surface area (TPSA) is 6.48 Å². The van der Waals surface area contributed by atoms with Crippen LogP contribution < -0.4 is 9.80 Å².